The maximum atomic E-state index is 11.3. The van der Waals surface area contributed by atoms with Gasteiger partial charge in [0.2, 0.25) is 0 Å². The van der Waals surface area contributed by atoms with Gasteiger partial charge < -0.3 is 0 Å². The maximum Gasteiger partial charge on any atom is 0.275 e. The quantitative estimate of drug-likeness (QED) is 0.476. The molecule has 5 heteroatoms. The molecule has 0 saturated heterocycles. The summed E-state index contributed by atoms with van der Waals surface area (Å²) in [6.07, 6.45) is 2.72. The highest BCUT2D eigenvalue weighted by Crippen LogP contribution is 2.35. The summed E-state index contributed by atoms with van der Waals surface area (Å²) in [6.45, 7) is 3.18. The van der Waals surface area contributed by atoms with Crippen molar-refractivity contribution in [2.75, 3.05) is 7.05 Å². The number of hydrogen-bond donors (Lipinski definition) is 2. The van der Waals surface area contributed by atoms with Crippen LogP contribution in [0, 0.1) is 5.92 Å². The molecule has 1 heterocycles. The second kappa shape index (κ2) is 5.16. The number of nitrogens with zero attached hydrogens (tertiary/aromatic N) is 1. The fraction of sp³-hybridized carbons (Fsp3) is 0.583. The molecule has 1 unspecified atom stereocenters. The van der Waals surface area contributed by atoms with E-state index in [0.29, 0.717) is 10.9 Å². The van der Waals surface area contributed by atoms with Crippen molar-refractivity contribution in [3.05, 3.63) is 21.9 Å². The van der Waals surface area contributed by atoms with Gasteiger partial charge in [-0.05, 0) is 44.9 Å². The molecule has 3 N–H and O–H groups in total. The molecule has 1 fully saturated rings. The van der Waals surface area contributed by atoms with Crippen LogP contribution in [-0.4, -0.2) is 23.9 Å². The Bertz CT molecular complexity index is 400. The number of nitrogen functional groups attached to an aromatic ring is 1. The van der Waals surface area contributed by atoms with E-state index in [1.54, 1.807) is 0 Å². The van der Waals surface area contributed by atoms with E-state index in [9.17, 15) is 4.79 Å². The van der Waals surface area contributed by atoms with Gasteiger partial charge in [0.15, 0.2) is 0 Å². The highest BCUT2D eigenvalue weighted by atomic mass is 32.1. The van der Waals surface area contributed by atoms with Crippen LogP contribution in [-0.2, 0) is 6.54 Å². The Balaban J connectivity index is 1.93. The monoisotopic (exact) mass is 253 g/mol. The summed E-state index contributed by atoms with van der Waals surface area (Å²) in [6, 6.07) is 4.47. The van der Waals surface area contributed by atoms with Crippen LogP contribution in [0.4, 0.5) is 0 Å². The van der Waals surface area contributed by atoms with E-state index in [-0.39, 0.29) is 5.91 Å². The van der Waals surface area contributed by atoms with Crippen molar-refractivity contribution in [2.24, 2.45) is 11.8 Å². The summed E-state index contributed by atoms with van der Waals surface area (Å²) >= 11 is 1.51. The largest absolute Gasteiger partial charge is 0.298 e. The zero-order valence-electron chi connectivity index (χ0n) is 10.3. The van der Waals surface area contributed by atoms with Crippen molar-refractivity contribution in [3.8, 4) is 0 Å². The van der Waals surface area contributed by atoms with Crippen molar-refractivity contribution < 1.29 is 4.79 Å². The molecule has 1 aromatic rings. The van der Waals surface area contributed by atoms with Gasteiger partial charge in [-0.2, -0.15) is 0 Å². The number of hydrogen-bond acceptors (Lipinski definition) is 4. The molecule has 0 bridgehead atoms. The Hall–Kier alpha value is -0.910. The van der Waals surface area contributed by atoms with Crippen molar-refractivity contribution in [1.82, 2.24) is 10.3 Å². The smallest absolute Gasteiger partial charge is 0.275 e. The molecule has 1 aliphatic rings. The molecule has 2 rings (SSSR count). The van der Waals surface area contributed by atoms with Crippen LogP contribution in [0.3, 0.4) is 0 Å². The number of nitrogens with two attached hydrogens (primary N) is 1. The molecule has 1 aliphatic carbocycles. The minimum absolute atomic E-state index is 0.209. The average molecular weight is 253 g/mol. The van der Waals surface area contributed by atoms with Crippen molar-refractivity contribution in [3.63, 3.8) is 0 Å². The van der Waals surface area contributed by atoms with Gasteiger partial charge in [0.1, 0.15) is 0 Å². The molecule has 0 aliphatic heterocycles. The second-order valence-corrected chi connectivity index (χ2v) is 5.90. The Labute approximate surface area is 106 Å². The first-order valence-corrected chi connectivity index (χ1v) is 6.73. The predicted octanol–water partition coefficient (Wildman–Crippen LogP) is 1.58. The van der Waals surface area contributed by atoms with Gasteiger partial charge in [0.25, 0.3) is 5.91 Å². The fourth-order valence-corrected chi connectivity index (χ4v) is 2.96. The van der Waals surface area contributed by atoms with Crippen LogP contribution in [0.1, 0.15) is 34.3 Å². The minimum atomic E-state index is -0.209. The number of amides is 1. The number of rotatable bonds is 5. The van der Waals surface area contributed by atoms with Gasteiger partial charge in [0.05, 0.1) is 4.88 Å². The highest BCUT2D eigenvalue weighted by molar-refractivity contribution is 7.14. The number of carbonyl (C=O) groups excluding carboxylic acids is 1. The van der Waals surface area contributed by atoms with Gasteiger partial charge in [-0.15, -0.1) is 11.3 Å². The number of hydrazine groups is 1. The molecule has 17 heavy (non-hydrogen) atoms. The zero-order valence-corrected chi connectivity index (χ0v) is 11.1. The van der Waals surface area contributed by atoms with Crippen LogP contribution in [0.5, 0.6) is 0 Å². The van der Waals surface area contributed by atoms with E-state index < -0.39 is 0 Å². The maximum absolute atomic E-state index is 11.3. The number of thiophene rings is 1. The molecular formula is C12H19N3OS. The molecule has 0 aromatic carbocycles. The third-order valence-corrected chi connectivity index (χ3v) is 4.49. The first-order chi connectivity index (χ1) is 8.11. The van der Waals surface area contributed by atoms with Gasteiger partial charge in [0, 0.05) is 17.5 Å². The lowest BCUT2D eigenvalue weighted by Crippen LogP contribution is -2.30. The van der Waals surface area contributed by atoms with Crippen LogP contribution in [0.2, 0.25) is 0 Å². The van der Waals surface area contributed by atoms with Crippen LogP contribution >= 0.6 is 11.3 Å². The Morgan fingerprint density at radius 1 is 1.65 bits per heavy atom. The number of nitrogens with one attached hydrogen (secondary N) is 1. The lowest BCUT2D eigenvalue weighted by Gasteiger charge is -2.23. The van der Waals surface area contributed by atoms with Crippen LogP contribution < -0.4 is 11.3 Å². The van der Waals surface area contributed by atoms with E-state index in [1.165, 1.54) is 29.1 Å². The van der Waals surface area contributed by atoms with E-state index >= 15 is 0 Å². The molecule has 1 atom stereocenters. The summed E-state index contributed by atoms with van der Waals surface area (Å²) in [5.74, 6) is 5.77. The normalized spacial score (nSPS) is 17.2. The molecule has 0 spiro atoms. The summed E-state index contributed by atoms with van der Waals surface area (Å²) in [5, 5.41) is 0. The first-order valence-electron chi connectivity index (χ1n) is 5.91. The lowest BCUT2D eigenvalue weighted by atomic mass is 10.2. The van der Waals surface area contributed by atoms with Gasteiger partial charge in [-0.1, -0.05) is 0 Å². The minimum Gasteiger partial charge on any atom is -0.298 e. The van der Waals surface area contributed by atoms with Crippen LogP contribution in [0.15, 0.2) is 12.1 Å². The Morgan fingerprint density at radius 3 is 2.94 bits per heavy atom. The first kappa shape index (κ1) is 12.5. The fourth-order valence-electron chi connectivity index (χ4n) is 1.98. The topological polar surface area (TPSA) is 58.4 Å². The van der Waals surface area contributed by atoms with E-state index in [0.717, 1.165) is 12.5 Å². The zero-order chi connectivity index (χ0) is 12.4. The van der Waals surface area contributed by atoms with Crippen molar-refractivity contribution in [2.45, 2.75) is 32.4 Å². The van der Waals surface area contributed by atoms with Gasteiger partial charge >= 0.3 is 0 Å². The molecular weight excluding hydrogens is 234 g/mol. The van der Waals surface area contributed by atoms with Gasteiger partial charge in [-0.25, -0.2) is 5.84 Å². The molecule has 1 saturated carbocycles. The second-order valence-electron chi connectivity index (χ2n) is 4.73. The third-order valence-electron chi connectivity index (χ3n) is 3.42. The molecule has 1 amide bonds. The van der Waals surface area contributed by atoms with Crippen molar-refractivity contribution >= 4 is 17.2 Å². The van der Waals surface area contributed by atoms with E-state index in [2.05, 4.69) is 24.3 Å². The summed E-state index contributed by atoms with van der Waals surface area (Å²) in [5.41, 5.74) is 2.16. The highest BCUT2D eigenvalue weighted by Gasteiger charge is 2.30. The summed E-state index contributed by atoms with van der Waals surface area (Å²) in [4.78, 5) is 15.6. The van der Waals surface area contributed by atoms with Crippen molar-refractivity contribution in [1.29, 1.82) is 0 Å². The Morgan fingerprint density at radius 2 is 2.35 bits per heavy atom. The van der Waals surface area contributed by atoms with Crippen LogP contribution in [0.25, 0.3) is 0 Å². The number of carbonyl (C=O) groups is 1. The predicted molar refractivity (Wildman–Crippen MR) is 69.6 cm³/mol. The average Bonchev–Trinajstić information content (AvgIpc) is 3.08. The van der Waals surface area contributed by atoms with E-state index in [4.69, 9.17) is 5.84 Å². The molecule has 94 valence electrons. The lowest BCUT2D eigenvalue weighted by molar-refractivity contribution is 0.0957. The molecule has 0 radical (unpaired) electrons. The third kappa shape index (κ3) is 3.06. The van der Waals surface area contributed by atoms with Gasteiger partial charge in [-0.3, -0.25) is 15.1 Å². The SMILES string of the molecule is CC(C1CC1)N(C)Cc1ccc(C(=O)NN)s1. The molecule has 4 nitrogen and oxygen atoms in total. The summed E-state index contributed by atoms with van der Waals surface area (Å²) in [7, 11) is 2.14. The standard InChI is InChI=1S/C12H19N3OS/c1-8(9-3-4-9)15(2)7-10-5-6-11(17-10)12(16)14-13/h5-6,8-9H,3-4,7,13H2,1-2H3,(H,14,16). The Kier molecular flexibility index (Phi) is 3.81. The summed E-state index contributed by atoms with van der Waals surface area (Å²) < 4.78 is 0. The van der Waals surface area contributed by atoms with E-state index in [1.807, 2.05) is 12.1 Å². The molecule has 1 aromatic heterocycles.